The van der Waals surface area contributed by atoms with Gasteiger partial charge in [0.25, 0.3) is 0 Å². The van der Waals surface area contributed by atoms with Crippen LogP contribution < -0.4 is 14.8 Å². The molecule has 0 saturated heterocycles. The Morgan fingerprint density at radius 2 is 1.95 bits per heavy atom. The number of carbonyl (C=O) groups excluding carboxylic acids is 1. The summed E-state index contributed by atoms with van der Waals surface area (Å²) < 4.78 is 11.1. The summed E-state index contributed by atoms with van der Waals surface area (Å²) in [6.45, 7) is 0. The molecule has 1 N–H and O–H groups in total. The second-order valence-corrected chi connectivity index (χ2v) is 5.30. The first-order chi connectivity index (χ1) is 10.6. The van der Waals surface area contributed by atoms with Gasteiger partial charge in [-0.2, -0.15) is 0 Å². The third-order valence-electron chi connectivity index (χ3n) is 2.94. The lowest BCUT2D eigenvalue weighted by molar-refractivity contribution is -0.111. The van der Waals surface area contributed by atoms with E-state index >= 15 is 0 Å². The second kappa shape index (κ2) is 7.66. The van der Waals surface area contributed by atoms with E-state index in [0.717, 1.165) is 15.8 Å². The van der Waals surface area contributed by atoms with Crippen LogP contribution in [0, 0.1) is 0 Å². The molecule has 0 radical (unpaired) electrons. The van der Waals surface area contributed by atoms with Gasteiger partial charge in [0.05, 0.1) is 18.7 Å². The fourth-order valence-electron chi connectivity index (χ4n) is 1.84. The largest absolute Gasteiger partial charge is 0.497 e. The number of halogens is 1. The monoisotopic (exact) mass is 361 g/mol. The van der Waals surface area contributed by atoms with E-state index in [9.17, 15) is 4.79 Å². The number of ether oxygens (including phenoxy) is 2. The zero-order valence-electron chi connectivity index (χ0n) is 12.3. The van der Waals surface area contributed by atoms with E-state index in [-0.39, 0.29) is 5.91 Å². The van der Waals surface area contributed by atoms with Gasteiger partial charge in [-0.1, -0.05) is 12.1 Å². The van der Waals surface area contributed by atoms with Crippen molar-refractivity contribution >= 4 is 33.6 Å². The lowest BCUT2D eigenvalue weighted by Gasteiger charge is -2.05. The molecule has 2 rings (SSSR count). The van der Waals surface area contributed by atoms with Crippen molar-refractivity contribution < 1.29 is 14.3 Å². The zero-order chi connectivity index (χ0) is 15.9. The minimum Gasteiger partial charge on any atom is -0.497 e. The van der Waals surface area contributed by atoms with E-state index in [1.54, 1.807) is 32.4 Å². The lowest BCUT2D eigenvalue weighted by atomic mass is 10.2. The number of hydrogen-bond donors (Lipinski definition) is 1. The Morgan fingerprint density at radius 1 is 1.14 bits per heavy atom. The first-order valence-corrected chi connectivity index (χ1v) is 7.38. The van der Waals surface area contributed by atoms with Gasteiger partial charge in [-0.25, -0.2) is 0 Å². The quantitative estimate of drug-likeness (QED) is 0.814. The molecule has 0 fully saturated rings. The lowest BCUT2D eigenvalue weighted by Crippen LogP contribution is -2.07. The van der Waals surface area contributed by atoms with E-state index in [4.69, 9.17) is 9.47 Å². The van der Waals surface area contributed by atoms with Gasteiger partial charge in [0.1, 0.15) is 11.5 Å². The Labute approximate surface area is 137 Å². The van der Waals surface area contributed by atoms with Crippen molar-refractivity contribution in [3.8, 4) is 11.5 Å². The molecule has 114 valence electrons. The highest BCUT2D eigenvalue weighted by Gasteiger charge is 2.01. The number of nitrogens with one attached hydrogen (secondary N) is 1. The molecule has 5 heteroatoms. The van der Waals surface area contributed by atoms with Crippen LogP contribution in [0.2, 0.25) is 0 Å². The van der Waals surface area contributed by atoms with Crippen LogP contribution in [0.5, 0.6) is 11.5 Å². The Morgan fingerprint density at radius 3 is 2.64 bits per heavy atom. The standard InChI is InChI=1S/C17H16BrNO3/c1-21-14-5-3-4-13(11-14)19-17(20)9-7-12-6-8-16(22-2)15(18)10-12/h3-11H,1-2H3,(H,19,20). The predicted molar refractivity (Wildman–Crippen MR) is 91.4 cm³/mol. The fourth-order valence-corrected chi connectivity index (χ4v) is 2.40. The van der Waals surface area contributed by atoms with Crippen LogP contribution in [0.4, 0.5) is 5.69 Å². The van der Waals surface area contributed by atoms with Crippen molar-refractivity contribution in [3.05, 3.63) is 58.6 Å². The van der Waals surface area contributed by atoms with E-state index in [0.29, 0.717) is 11.4 Å². The molecule has 1 amide bonds. The first-order valence-electron chi connectivity index (χ1n) is 6.59. The molecule has 0 spiro atoms. The van der Waals surface area contributed by atoms with E-state index in [2.05, 4.69) is 21.2 Å². The minimum absolute atomic E-state index is 0.208. The third kappa shape index (κ3) is 4.36. The molecular formula is C17H16BrNO3. The van der Waals surface area contributed by atoms with Gasteiger partial charge in [-0.05, 0) is 51.8 Å². The number of amides is 1. The molecule has 0 aliphatic carbocycles. The average molecular weight is 362 g/mol. The molecule has 0 unspecified atom stereocenters. The van der Waals surface area contributed by atoms with Gasteiger partial charge in [0.15, 0.2) is 0 Å². The van der Waals surface area contributed by atoms with Crippen LogP contribution in [0.3, 0.4) is 0 Å². The van der Waals surface area contributed by atoms with E-state index in [1.165, 1.54) is 6.08 Å². The molecule has 2 aromatic carbocycles. The molecule has 0 aromatic heterocycles. The number of benzene rings is 2. The molecule has 0 bridgehead atoms. The van der Waals surface area contributed by atoms with Gasteiger partial charge >= 0.3 is 0 Å². The fraction of sp³-hybridized carbons (Fsp3) is 0.118. The maximum Gasteiger partial charge on any atom is 0.248 e. The second-order valence-electron chi connectivity index (χ2n) is 4.45. The molecule has 0 heterocycles. The van der Waals surface area contributed by atoms with Gasteiger partial charge in [-0.15, -0.1) is 0 Å². The van der Waals surface area contributed by atoms with Crippen molar-refractivity contribution in [2.24, 2.45) is 0 Å². The normalized spacial score (nSPS) is 10.5. The predicted octanol–water partition coefficient (Wildman–Crippen LogP) is 4.12. The molecule has 4 nitrogen and oxygen atoms in total. The van der Waals surface area contributed by atoms with Crippen molar-refractivity contribution in [2.75, 3.05) is 19.5 Å². The Balaban J connectivity index is 2.03. The van der Waals surface area contributed by atoms with E-state index in [1.807, 2.05) is 30.3 Å². The summed E-state index contributed by atoms with van der Waals surface area (Å²) in [5, 5.41) is 2.78. The summed E-state index contributed by atoms with van der Waals surface area (Å²) in [5.41, 5.74) is 1.58. The SMILES string of the molecule is COc1cccc(NC(=O)C=Cc2ccc(OC)c(Br)c2)c1. The zero-order valence-corrected chi connectivity index (χ0v) is 13.9. The third-order valence-corrected chi connectivity index (χ3v) is 3.56. The molecular weight excluding hydrogens is 346 g/mol. The molecule has 22 heavy (non-hydrogen) atoms. The summed E-state index contributed by atoms with van der Waals surface area (Å²) in [6.07, 6.45) is 3.22. The van der Waals surface area contributed by atoms with Gasteiger partial charge in [0.2, 0.25) is 5.91 Å². The van der Waals surface area contributed by atoms with Crippen LogP contribution in [0.25, 0.3) is 6.08 Å². The van der Waals surface area contributed by atoms with Crippen molar-refractivity contribution in [3.63, 3.8) is 0 Å². The van der Waals surface area contributed by atoms with Crippen LogP contribution >= 0.6 is 15.9 Å². The number of hydrogen-bond acceptors (Lipinski definition) is 3. The van der Waals surface area contributed by atoms with Crippen molar-refractivity contribution in [1.29, 1.82) is 0 Å². The topological polar surface area (TPSA) is 47.6 Å². The van der Waals surface area contributed by atoms with Gasteiger partial charge in [0, 0.05) is 17.8 Å². The molecule has 0 aliphatic rings. The maximum atomic E-state index is 11.9. The first kappa shape index (κ1) is 16.1. The van der Waals surface area contributed by atoms with Crippen LogP contribution in [-0.2, 0) is 4.79 Å². The number of anilines is 1. The maximum absolute atomic E-state index is 11.9. The highest BCUT2D eigenvalue weighted by Crippen LogP contribution is 2.26. The molecule has 2 aromatic rings. The number of methoxy groups -OCH3 is 2. The molecule has 0 aliphatic heterocycles. The van der Waals surface area contributed by atoms with Crippen molar-refractivity contribution in [2.45, 2.75) is 0 Å². The van der Waals surface area contributed by atoms with E-state index < -0.39 is 0 Å². The summed E-state index contributed by atoms with van der Waals surface area (Å²) in [7, 11) is 3.19. The van der Waals surface area contributed by atoms with Crippen LogP contribution in [0.15, 0.2) is 53.0 Å². The number of rotatable bonds is 5. The van der Waals surface area contributed by atoms with Gasteiger partial charge < -0.3 is 14.8 Å². The molecule has 0 saturated carbocycles. The average Bonchev–Trinajstić information content (AvgIpc) is 2.53. The van der Waals surface area contributed by atoms with Crippen molar-refractivity contribution in [1.82, 2.24) is 0 Å². The Bertz CT molecular complexity index is 698. The minimum atomic E-state index is -0.208. The number of carbonyl (C=O) groups is 1. The summed E-state index contributed by atoms with van der Waals surface area (Å²) in [5.74, 6) is 1.24. The highest BCUT2D eigenvalue weighted by molar-refractivity contribution is 9.10. The summed E-state index contributed by atoms with van der Waals surface area (Å²) in [6, 6.07) is 12.8. The summed E-state index contributed by atoms with van der Waals surface area (Å²) >= 11 is 3.41. The smallest absolute Gasteiger partial charge is 0.248 e. The molecule has 0 atom stereocenters. The van der Waals surface area contributed by atoms with Crippen LogP contribution in [0.1, 0.15) is 5.56 Å². The Hall–Kier alpha value is -2.27. The highest BCUT2D eigenvalue weighted by atomic mass is 79.9. The summed E-state index contributed by atoms with van der Waals surface area (Å²) in [4.78, 5) is 11.9. The van der Waals surface area contributed by atoms with Gasteiger partial charge in [-0.3, -0.25) is 4.79 Å². The Kier molecular flexibility index (Phi) is 5.61. The van der Waals surface area contributed by atoms with Crippen LogP contribution in [-0.4, -0.2) is 20.1 Å².